The minimum absolute atomic E-state index is 0.0133. The van der Waals surface area contributed by atoms with Gasteiger partial charge in [0.1, 0.15) is 5.69 Å². The molecule has 24 heavy (non-hydrogen) atoms. The Bertz CT molecular complexity index is 627. The van der Waals surface area contributed by atoms with Crippen molar-refractivity contribution in [1.29, 1.82) is 0 Å². The Morgan fingerprint density at radius 1 is 1.33 bits per heavy atom. The summed E-state index contributed by atoms with van der Waals surface area (Å²) in [7, 11) is 0. The Labute approximate surface area is 143 Å². The molecule has 0 radical (unpaired) electrons. The molecule has 1 amide bonds. The van der Waals surface area contributed by atoms with Crippen molar-refractivity contribution in [2.45, 2.75) is 32.0 Å². The van der Waals surface area contributed by atoms with Crippen molar-refractivity contribution in [2.24, 2.45) is 0 Å². The van der Waals surface area contributed by atoms with Gasteiger partial charge in [-0.2, -0.15) is 0 Å². The molecule has 1 aliphatic heterocycles. The summed E-state index contributed by atoms with van der Waals surface area (Å²) in [4.78, 5) is 17.6. The van der Waals surface area contributed by atoms with E-state index in [0.29, 0.717) is 12.3 Å². The first-order chi connectivity index (χ1) is 11.8. The number of benzene rings is 1. The molecule has 0 saturated carbocycles. The van der Waals surface area contributed by atoms with Gasteiger partial charge in [-0.15, -0.1) is 0 Å². The predicted octanol–water partition coefficient (Wildman–Crippen LogP) is 2.42. The molecule has 0 aliphatic carbocycles. The van der Waals surface area contributed by atoms with E-state index in [1.165, 1.54) is 5.56 Å². The molecular weight excluding hydrogens is 302 g/mol. The normalized spacial score (nSPS) is 19.8. The van der Waals surface area contributed by atoms with E-state index in [-0.39, 0.29) is 18.1 Å². The minimum Gasteiger partial charge on any atom is -0.373 e. The molecule has 2 atom stereocenters. The summed E-state index contributed by atoms with van der Waals surface area (Å²) in [5, 5.41) is 3.10. The van der Waals surface area contributed by atoms with Crippen LogP contribution in [0.5, 0.6) is 0 Å². The Morgan fingerprint density at radius 2 is 2.17 bits per heavy atom. The second-order valence-corrected chi connectivity index (χ2v) is 6.20. The van der Waals surface area contributed by atoms with Crippen molar-refractivity contribution in [3.05, 3.63) is 59.9 Å². The molecule has 2 heterocycles. The number of morpholine rings is 1. The van der Waals surface area contributed by atoms with Gasteiger partial charge in [0.25, 0.3) is 5.91 Å². The number of aromatic amines is 1. The standard InChI is InChI=1S/C19H25N3O2/c1-2-16(21-19(23)17-9-6-10-20-17)18-14-22(11-12-24-18)13-15-7-4-3-5-8-15/h3-10,16,18,20H,2,11-14H2,1H3,(H,21,23)/t16-,18-/m0/s1. The van der Waals surface area contributed by atoms with Gasteiger partial charge in [-0.3, -0.25) is 9.69 Å². The molecule has 1 fully saturated rings. The number of amides is 1. The summed E-state index contributed by atoms with van der Waals surface area (Å²) in [6.07, 6.45) is 2.62. The third kappa shape index (κ3) is 4.24. The van der Waals surface area contributed by atoms with Gasteiger partial charge in [-0.05, 0) is 24.1 Å². The van der Waals surface area contributed by atoms with Crippen LogP contribution in [-0.4, -0.2) is 47.6 Å². The summed E-state index contributed by atoms with van der Waals surface area (Å²) >= 11 is 0. The second kappa shape index (κ2) is 8.13. The van der Waals surface area contributed by atoms with Gasteiger partial charge >= 0.3 is 0 Å². The lowest BCUT2D eigenvalue weighted by molar-refractivity contribution is -0.0483. The number of aromatic nitrogens is 1. The number of H-pyrrole nitrogens is 1. The number of rotatable bonds is 6. The quantitative estimate of drug-likeness (QED) is 0.857. The van der Waals surface area contributed by atoms with Gasteiger partial charge in [0, 0.05) is 25.8 Å². The predicted molar refractivity (Wildman–Crippen MR) is 93.8 cm³/mol. The van der Waals surface area contributed by atoms with Crippen molar-refractivity contribution >= 4 is 5.91 Å². The zero-order valence-electron chi connectivity index (χ0n) is 14.1. The highest BCUT2D eigenvalue weighted by atomic mass is 16.5. The van der Waals surface area contributed by atoms with Crippen molar-refractivity contribution in [2.75, 3.05) is 19.7 Å². The van der Waals surface area contributed by atoms with Crippen molar-refractivity contribution < 1.29 is 9.53 Å². The maximum atomic E-state index is 12.3. The first-order valence-electron chi connectivity index (χ1n) is 8.58. The number of ether oxygens (including phenoxy) is 1. The largest absolute Gasteiger partial charge is 0.373 e. The molecule has 128 valence electrons. The van der Waals surface area contributed by atoms with Crippen LogP contribution in [0.3, 0.4) is 0 Å². The van der Waals surface area contributed by atoms with Crippen LogP contribution in [0.15, 0.2) is 48.7 Å². The Hall–Kier alpha value is -2.11. The number of hydrogen-bond acceptors (Lipinski definition) is 3. The fraction of sp³-hybridized carbons (Fsp3) is 0.421. The average molecular weight is 327 g/mol. The SMILES string of the molecule is CC[C@H](NC(=O)c1ccc[nH]1)[C@@H]1CN(Cc2ccccc2)CCO1. The molecule has 0 unspecified atom stereocenters. The van der Waals surface area contributed by atoms with Crippen LogP contribution in [0.4, 0.5) is 0 Å². The van der Waals surface area contributed by atoms with Crippen molar-refractivity contribution in [3.63, 3.8) is 0 Å². The molecule has 5 heteroatoms. The second-order valence-electron chi connectivity index (χ2n) is 6.20. The van der Waals surface area contributed by atoms with E-state index in [4.69, 9.17) is 4.74 Å². The Balaban J connectivity index is 1.58. The summed E-state index contributed by atoms with van der Waals surface area (Å²) in [6.45, 7) is 5.46. The van der Waals surface area contributed by atoms with Gasteiger partial charge in [0.2, 0.25) is 0 Å². The van der Waals surface area contributed by atoms with Gasteiger partial charge in [-0.1, -0.05) is 37.3 Å². The fourth-order valence-corrected chi connectivity index (χ4v) is 3.14. The van der Waals surface area contributed by atoms with Gasteiger partial charge in [0.15, 0.2) is 0 Å². The number of nitrogens with zero attached hydrogens (tertiary/aromatic N) is 1. The smallest absolute Gasteiger partial charge is 0.267 e. The first-order valence-corrected chi connectivity index (χ1v) is 8.58. The lowest BCUT2D eigenvalue weighted by Crippen LogP contribution is -2.53. The highest BCUT2D eigenvalue weighted by molar-refractivity contribution is 5.92. The molecule has 1 aliphatic rings. The highest BCUT2D eigenvalue weighted by Crippen LogP contribution is 2.15. The van der Waals surface area contributed by atoms with Crippen LogP contribution in [0, 0.1) is 0 Å². The maximum Gasteiger partial charge on any atom is 0.267 e. The lowest BCUT2D eigenvalue weighted by Gasteiger charge is -2.37. The zero-order valence-corrected chi connectivity index (χ0v) is 14.1. The Morgan fingerprint density at radius 3 is 2.88 bits per heavy atom. The van der Waals surface area contributed by atoms with Crippen LogP contribution < -0.4 is 5.32 Å². The average Bonchev–Trinajstić information content (AvgIpc) is 3.15. The van der Waals surface area contributed by atoms with E-state index in [2.05, 4.69) is 46.4 Å². The lowest BCUT2D eigenvalue weighted by atomic mass is 10.1. The minimum atomic E-state index is -0.0735. The summed E-state index contributed by atoms with van der Waals surface area (Å²) in [5.74, 6) is -0.0735. The molecule has 2 aromatic rings. The monoisotopic (exact) mass is 327 g/mol. The van der Waals surface area contributed by atoms with E-state index in [1.54, 1.807) is 12.3 Å². The van der Waals surface area contributed by atoms with Crippen LogP contribution in [0.2, 0.25) is 0 Å². The summed E-state index contributed by atoms with van der Waals surface area (Å²) in [5.41, 5.74) is 1.90. The molecule has 1 aromatic carbocycles. The third-order valence-corrected chi connectivity index (χ3v) is 4.47. The molecule has 0 spiro atoms. The summed E-state index contributed by atoms with van der Waals surface area (Å²) < 4.78 is 5.95. The van der Waals surface area contributed by atoms with E-state index >= 15 is 0 Å². The van der Waals surface area contributed by atoms with Crippen LogP contribution >= 0.6 is 0 Å². The molecule has 1 aromatic heterocycles. The van der Waals surface area contributed by atoms with Gasteiger partial charge in [0.05, 0.1) is 18.8 Å². The molecule has 0 bridgehead atoms. The summed E-state index contributed by atoms with van der Waals surface area (Å²) in [6, 6.07) is 14.1. The topological polar surface area (TPSA) is 57.4 Å². The third-order valence-electron chi connectivity index (χ3n) is 4.47. The van der Waals surface area contributed by atoms with Crippen molar-refractivity contribution in [1.82, 2.24) is 15.2 Å². The van der Waals surface area contributed by atoms with E-state index in [0.717, 1.165) is 26.1 Å². The zero-order chi connectivity index (χ0) is 16.8. The van der Waals surface area contributed by atoms with Crippen LogP contribution in [-0.2, 0) is 11.3 Å². The molecule has 3 rings (SSSR count). The van der Waals surface area contributed by atoms with E-state index in [1.807, 2.05) is 12.1 Å². The number of carbonyl (C=O) groups is 1. The molecular formula is C19H25N3O2. The van der Waals surface area contributed by atoms with E-state index < -0.39 is 0 Å². The molecule has 5 nitrogen and oxygen atoms in total. The van der Waals surface area contributed by atoms with Gasteiger partial charge < -0.3 is 15.0 Å². The van der Waals surface area contributed by atoms with Gasteiger partial charge in [-0.25, -0.2) is 0 Å². The van der Waals surface area contributed by atoms with Crippen LogP contribution in [0.25, 0.3) is 0 Å². The van der Waals surface area contributed by atoms with Crippen molar-refractivity contribution in [3.8, 4) is 0 Å². The first kappa shape index (κ1) is 16.7. The highest BCUT2D eigenvalue weighted by Gasteiger charge is 2.28. The molecule has 2 N–H and O–H groups in total. The number of nitrogens with one attached hydrogen (secondary N) is 2. The molecule has 1 saturated heterocycles. The maximum absolute atomic E-state index is 12.3. The fourth-order valence-electron chi connectivity index (χ4n) is 3.14. The number of hydrogen-bond donors (Lipinski definition) is 2. The van der Waals surface area contributed by atoms with Crippen LogP contribution in [0.1, 0.15) is 29.4 Å². The Kier molecular flexibility index (Phi) is 5.67. The number of carbonyl (C=O) groups excluding carboxylic acids is 1. The van der Waals surface area contributed by atoms with E-state index in [9.17, 15) is 4.79 Å².